The minimum atomic E-state index is -3.92. The van der Waals surface area contributed by atoms with Crippen LogP contribution in [0.2, 0.25) is 118 Å². The van der Waals surface area contributed by atoms with Crippen LogP contribution in [0.25, 0.3) is 11.2 Å². The van der Waals surface area contributed by atoms with Crippen molar-refractivity contribution >= 4 is 68.9 Å². The number of nitrogens with zero attached hydrogens (tertiary/aromatic N) is 4. The van der Waals surface area contributed by atoms with E-state index in [9.17, 15) is 4.57 Å². The lowest BCUT2D eigenvalue weighted by molar-refractivity contribution is -0.0473. The minimum absolute atomic E-state index is 0.0843. The molecular formula is C28H61N4O9PSi6. The third-order valence-corrected chi connectivity index (χ3v) is 16.1. The molecule has 0 amide bonds. The van der Waals surface area contributed by atoms with Crippen molar-refractivity contribution in [3.63, 3.8) is 0 Å². The zero-order valence-corrected chi connectivity index (χ0v) is 39.4. The number of phosphoric acid groups is 1. The van der Waals surface area contributed by atoms with Gasteiger partial charge in [-0.15, -0.1) is 0 Å². The molecule has 1 fully saturated rings. The molecule has 1 aliphatic heterocycles. The lowest BCUT2D eigenvalue weighted by Gasteiger charge is -2.35. The maximum atomic E-state index is 14.1. The summed E-state index contributed by atoms with van der Waals surface area (Å²) >= 11 is 0. The van der Waals surface area contributed by atoms with Gasteiger partial charge in [0, 0.05) is 0 Å². The van der Waals surface area contributed by atoms with E-state index in [4.69, 9.17) is 45.4 Å². The molecule has 20 heteroatoms. The summed E-state index contributed by atoms with van der Waals surface area (Å²) in [7, 11) is -17.1. The highest BCUT2D eigenvalue weighted by atomic mass is 31.2. The fourth-order valence-corrected chi connectivity index (χ4v) is 14.9. The number of aromatic nitrogens is 4. The van der Waals surface area contributed by atoms with E-state index in [1.165, 1.54) is 0 Å². The zero-order valence-electron chi connectivity index (χ0n) is 32.5. The number of hydrogen-bond acceptors (Lipinski definition) is 12. The Morgan fingerprint density at radius 2 is 1.19 bits per heavy atom. The van der Waals surface area contributed by atoms with Gasteiger partial charge in [0.2, 0.25) is 22.5 Å². The Morgan fingerprint density at radius 3 is 1.65 bits per heavy atom. The standard InChI is InChI=1S/C28H61N4O9PSi6/c1-43(2,3)36-23-21(19-34-42(33,40-47(13,14)15)41-48(16,17)18)35-27(24(23)37-44(4,5)6)32-20-29-22-25(32)30-28(39-46(10,11)12)31-26(22)38-45(7,8)9/h20-21,23-24,27H,19H2,1-18H3. The third-order valence-electron chi connectivity index (χ3n) is 5.88. The highest BCUT2D eigenvalue weighted by molar-refractivity contribution is 7.52. The summed E-state index contributed by atoms with van der Waals surface area (Å²) < 4.78 is 67.5. The van der Waals surface area contributed by atoms with Crippen molar-refractivity contribution in [2.45, 2.75) is 142 Å². The van der Waals surface area contributed by atoms with Crippen LogP contribution in [0.1, 0.15) is 6.23 Å². The van der Waals surface area contributed by atoms with Crippen molar-refractivity contribution in [2.75, 3.05) is 6.61 Å². The molecule has 276 valence electrons. The van der Waals surface area contributed by atoms with Gasteiger partial charge in [-0.05, 0) is 118 Å². The summed E-state index contributed by atoms with van der Waals surface area (Å²) in [4.78, 5) is 14.3. The average molecular weight is 797 g/mol. The lowest BCUT2D eigenvalue weighted by Crippen LogP contribution is -2.48. The fraction of sp³-hybridized carbons (Fsp3) is 0.821. The zero-order chi connectivity index (χ0) is 36.9. The lowest BCUT2D eigenvalue weighted by atomic mass is 10.1. The molecule has 0 saturated carbocycles. The Morgan fingerprint density at radius 1 is 0.688 bits per heavy atom. The molecule has 4 unspecified atom stereocenters. The molecule has 0 spiro atoms. The van der Waals surface area contributed by atoms with Crippen LogP contribution in [0.5, 0.6) is 11.9 Å². The fourth-order valence-electron chi connectivity index (χ4n) is 4.80. The van der Waals surface area contributed by atoms with Crippen LogP contribution in [0.4, 0.5) is 0 Å². The summed E-state index contributed by atoms with van der Waals surface area (Å²) in [5.74, 6) is 0.384. The van der Waals surface area contributed by atoms with Crippen LogP contribution in [0, 0.1) is 0 Å². The van der Waals surface area contributed by atoms with Gasteiger partial charge >= 0.3 is 13.8 Å². The smallest absolute Gasteiger partial charge is 0.455 e. The minimum Gasteiger partial charge on any atom is -0.530 e. The first kappa shape index (κ1) is 41.9. The Hall–Kier alpha value is -0.559. The van der Waals surface area contributed by atoms with Crippen molar-refractivity contribution in [1.29, 1.82) is 0 Å². The van der Waals surface area contributed by atoms with Crippen molar-refractivity contribution in [2.24, 2.45) is 0 Å². The van der Waals surface area contributed by atoms with Crippen molar-refractivity contribution in [3.8, 4) is 11.9 Å². The molecular weight excluding hydrogens is 736 g/mol. The van der Waals surface area contributed by atoms with Crippen molar-refractivity contribution < 1.29 is 40.0 Å². The molecule has 2 aromatic rings. The summed E-state index contributed by atoms with van der Waals surface area (Å²) in [6.07, 6.45) is -0.789. The largest absolute Gasteiger partial charge is 0.530 e. The van der Waals surface area contributed by atoms with Crippen molar-refractivity contribution in [3.05, 3.63) is 6.33 Å². The van der Waals surface area contributed by atoms with E-state index in [0.29, 0.717) is 17.0 Å². The van der Waals surface area contributed by atoms with Gasteiger partial charge in [-0.1, -0.05) is 0 Å². The van der Waals surface area contributed by atoms with Gasteiger partial charge in [-0.2, -0.15) is 9.97 Å². The first-order chi connectivity index (χ1) is 21.3. The van der Waals surface area contributed by atoms with Gasteiger partial charge in [-0.25, -0.2) is 9.55 Å². The van der Waals surface area contributed by atoms with Crippen molar-refractivity contribution in [1.82, 2.24) is 19.5 Å². The maximum Gasteiger partial charge on any atom is 0.455 e. The van der Waals surface area contributed by atoms with Crippen LogP contribution in [0.15, 0.2) is 6.33 Å². The molecule has 2 aromatic heterocycles. The van der Waals surface area contributed by atoms with Crippen LogP contribution in [-0.2, 0) is 31.1 Å². The van der Waals surface area contributed by atoms with E-state index in [1.807, 2.05) is 43.8 Å². The topological polar surface area (TPSA) is 135 Å². The molecule has 3 heterocycles. The second-order valence-corrected chi connectivity index (χ2v) is 47.0. The molecule has 3 rings (SSSR count). The van der Waals surface area contributed by atoms with E-state index < -0.39 is 82.3 Å². The van der Waals surface area contributed by atoms with Gasteiger partial charge in [0.05, 0.1) is 12.9 Å². The molecule has 1 saturated heterocycles. The van der Waals surface area contributed by atoms with Gasteiger partial charge in [0.15, 0.2) is 50.7 Å². The van der Waals surface area contributed by atoms with Gasteiger partial charge in [0.25, 0.3) is 0 Å². The monoisotopic (exact) mass is 796 g/mol. The van der Waals surface area contributed by atoms with Crippen LogP contribution >= 0.6 is 7.82 Å². The van der Waals surface area contributed by atoms with Gasteiger partial charge in [-0.3, -0.25) is 9.09 Å². The van der Waals surface area contributed by atoms with Crippen LogP contribution < -0.4 is 8.85 Å². The molecule has 1 aliphatic rings. The predicted octanol–water partition coefficient (Wildman–Crippen LogP) is 8.42. The first-order valence-electron chi connectivity index (χ1n) is 16.6. The van der Waals surface area contributed by atoms with Gasteiger partial charge < -0.3 is 30.9 Å². The number of rotatable bonds is 16. The average Bonchev–Trinajstić information content (AvgIpc) is 3.32. The molecule has 0 N–H and O–H groups in total. The SMILES string of the molecule is C[Si](C)(C)Oc1nc(O[Si](C)(C)C)c2ncn(C3OC(COP(=O)(O[Si](C)(C)C)O[Si](C)(C)C)C(O[Si](C)(C)C)C3O[Si](C)(C)C)c2n1. The molecule has 0 aromatic carbocycles. The molecule has 0 radical (unpaired) electrons. The van der Waals surface area contributed by atoms with E-state index >= 15 is 0 Å². The Bertz CT molecular complexity index is 1440. The quantitative estimate of drug-likeness (QED) is 0.119. The maximum absolute atomic E-state index is 14.1. The van der Waals surface area contributed by atoms with E-state index in [1.54, 1.807) is 6.33 Å². The highest BCUT2D eigenvalue weighted by Crippen LogP contribution is 2.54. The summed E-state index contributed by atoms with van der Waals surface area (Å²) in [6.45, 7) is 36.9. The Labute approximate surface area is 294 Å². The van der Waals surface area contributed by atoms with E-state index in [0.717, 1.165) is 0 Å². The Balaban J connectivity index is 2.17. The molecule has 0 aliphatic carbocycles. The number of fused-ring (bicyclic) bond motifs is 1. The molecule has 0 bridgehead atoms. The summed E-state index contributed by atoms with van der Waals surface area (Å²) in [5.41, 5.74) is 1.01. The third kappa shape index (κ3) is 13.2. The van der Waals surface area contributed by atoms with Gasteiger partial charge in [0.1, 0.15) is 18.3 Å². The summed E-state index contributed by atoms with van der Waals surface area (Å²) in [6, 6.07) is 0.236. The highest BCUT2D eigenvalue weighted by Gasteiger charge is 2.52. The van der Waals surface area contributed by atoms with Crippen LogP contribution in [0.3, 0.4) is 0 Å². The first-order valence-corrected chi connectivity index (χ1v) is 38.5. The predicted molar refractivity (Wildman–Crippen MR) is 206 cm³/mol. The molecule has 13 nitrogen and oxygen atoms in total. The second kappa shape index (κ2) is 14.5. The second-order valence-electron chi connectivity index (χ2n) is 18.2. The molecule has 48 heavy (non-hydrogen) atoms. The van der Waals surface area contributed by atoms with Crippen LogP contribution in [-0.4, -0.2) is 94.3 Å². The number of ether oxygens (including phenoxy) is 1. The van der Waals surface area contributed by atoms with E-state index in [2.05, 4.69) is 83.5 Å². The summed E-state index contributed by atoms with van der Waals surface area (Å²) in [5, 5.41) is 0. The molecule has 4 atom stereocenters. The normalized spacial score (nSPS) is 22.0. The number of imidazole rings is 1. The number of hydrogen-bond donors (Lipinski definition) is 0. The van der Waals surface area contributed by atoms with E-state index in [-0.39, 0.29) is 12.6 Å². The Kier molecular flexibility index (Phi) is 12.6.